The third-order valence-electron chi connectivity index (χ3n) is 5.22. The van der Waals surface area contributed by atoms with E-state index in [9.17, 15) is 4.79 Å². The predicted molar refractivity (Wildman–Crippen MR) is 119 cm³/mol. The number of piperidine rings is 1. The molecule has 30 heavy (non-hydrogen) atoms. The maximum absolute atomic E-state index is 12.8. The normalized spacial score (nSPS) is 16.2. The number of benzene rings is 2. The molecule has 1 aromatic heterocycles. The van der Waals surface area contributed by atoms with Crippen molar-refractivity contribution in [3.8, 4) is 17.1 Å². The van der Waals surface area contributed by atoms with Gasteiger partial charge in [0.15, 0.2) is 5.82 Å². The minimum atomic E-state index is -0.0829. The van der Waals surface area contributed by atoms with Gasteiger partial charge in [-0.2, -0.15) is 0 Å². The molecular formula is C24H26N4O2. The van der Waals surface area contributed by atoms with Crippen LogP contribution < -0.4 is 15.0 Å². The molecule has 0 aliphatic carbocycles. The van der Waals surface area contributed by atoms with Crippen LogP contribution in [-0.4, -0.2) is 35.6 Å². The van der Waals surface area contributed by atoms with E-state index < -0.39 is 0 Å². The van der Waals surface area contributed by atoms with Gasteiger partial charge in [-0.1, -0.05) is 30.3 Å². The van der Waals surface area contributed by atoms with Crippen molar-refractivity contribution in [2.24, 2.45) is 5.92 Å². The smallest absolute Gasteiger partial charge is 0.229 e. The summed E-state index contributed by atoms with van der Waals surface area (Å²) < 4.78 is 5.46. The summed E-state index contributed by atoms with van der Waals surface area (Å²) in [6.45, 7) is 4.11. The molecule has 0 spiro atoms. The lowest BCUT2D eigenvalue weighted by Gasteiger charge is -2.33. The molecule has 0 radical (unpaired) electrons. The summed E-state index contributed by atoms with van der Waals surface area (Å²) in [4.78, 5) is 24.2. The number of rotatable bonds is 6. The Kier molecular flexibility index (Phi) is 6.23. The molecule has 0 bridgehead atoms. The molecule has 3 aromatic rings. The Balaban J connectivity index is 1.42. The fraction of sp³-hybridized carbons (Fsp3) is 0.292. The van der Waals surface area contributed by atoms with E-state index >= 15 is 0 Å². The molecule has 0 unspecified atom stereocenters. The summed E-state index contributed by atoms with van der Waals surface area (Å²) >= 11 is 0. The predicted octanol–water partition coefficient (Wildman–Crippen LogP) is 4.40. The molecule has 4 rings (SSSR count). The summed E-state index contributed by atoms with van der Waals surface area (Å²) in [7, 11) is 0. The van der Waals surface area contributed by atoms with E-state index in [0.29, 0.717) is 19.0 Å². The van der Waals surface area contributed by atoms with Crippen molar-refractivity contribution in [2.45, 2.75) is 19.8 Å². The van der Waals surface area contributed by atoms with Crippen LogP contribution in [0.5, 0.6) is 5.75 Å². The first-order valence-corrected chi connectivity index (χ1v) is 10.4. The van der Waals surface area contributed by atoms with Gasteiger partial charge in [0.1, 0.15) is 11.6 Å². The highest BCUT2D eigenvalue weighted by Crippen LogP contribution is 2.25. The van der Waals surface area contributed by atoms with Gasteiger partial charge in [-0.15, -0.1) is 0 Å². The Morgan fingerprint density at radius 2 is 1.93 bits per heavy atom. The second kappa shape index (κ2) is 9.39. The van der Waals surface area contributed by atoms with Gasteiger partial charge in [0.05, 0.1) is 12.5 Å². The highest BCUT2D eigenvalue weighted by atomic mass is 16.5. The van der Waals surface area contributed by atoms with E-state index in [4.69, 9.17) is 9.72 Å². The zero-order valence-corrected chi connectivity index (χ0v) is 17.1. The molecule has 154 valence electrons. The standard InChI is InChI=1S/C24H26N4O2/c1-2-30-21-12-10-20(11-13-21)26-24(29)19-9-6-16-28(17-19)22-14-15-25-23(27-22)18-7-4-3-5-8-18/h3-5,7-8,10-15,19H,2,6,9,16-17H2,1H3,(H,26,29)/t19-/m0/s1. The Morgan fingerprint density at radius 1 is 1.13 bits per heavy atom. The molecule has 6 nitrogen and oxygen atoms in total. The van der Waals surface area contributed by atoms with E-state index in [1.807, 2.05) is 67.6 Å². The quantitative estimate of drug-likeness (QED) is 0.662. The van der Waals surface area contributed by atoms with Gasteiger partial charge in [-0.05, 0) is 50.1 Å². The van der Waals surface area contributed by atoms with Crippen LogP contribution >= 0.6 is 0 Å². The fourth-order valence-electron chi connectivity index (χ4n) is 3.70. The molecule has 1 aliphatic heterocycles. The van der Waals surface area contributed by atoms with Crippen molar-refractivity contribution in [3.05, 3.63) is 66.9 Å². The minimum Gasteiger partial charge on any atom is -0.494 e. The fourth-order valence-corrected chi connectivity index (χ4v) is 3.70. The Hall–Kier alpha value is -3.41. The monoisotopic (exact) mass is 402 g/mol. The highest BCUT2D eigenvalue weighted by Gasteiger charge is 2.27. The van der Waals surface area contributed by atoms with Gasteiger partial charge in [0, 0.05) is 30.5 Å². The third-order valence-corrected chi connectivity index (χ3v) is 5.22. The summed E-state index contributed by atoms with van der Waals surface area (Å²) in [5.74, 6) is 2.33. The van der Waals surface area contributed by atoms with Gasteiger partial charge in [-0.25, -0.2) is 9.97 Å². The van der Waals surface area contributed by atoms with E-state index in [2.05, 4.69) is 15.2 Å². The zero-order chi connectivity index (χ0) is 20.8. The number of carbonyl (C=O) groups is 1. The Labute approximate surface area is 176 Å². The van der Waals surface area contributed by atoms with Crippen molar-refractivity contribution in [1.29, 1.82) is 0 Å². The first-order chi connectivity index (χ1) is 14.7. The van der Waals surface area contributed by atoms with Crippen LogP contribution in [0.3, 0.4) is 0 Å². The van der Waals surface area contributed by atoms with Crippen molar-refractivity contribution < 1.29 is 9.53 Å². The number of hydrogen-bond acceptors (Lipinski definition) is 5. The molecule has 1 atom stereocenters. The highest BCUT2D eigenvalue weighted by molar-refractivity contribution is 5.93. The number of ether oxygens (including phenoxy) is 1. The third kappa shape index (κ3) is 4.76. The van der Waals surface area contributed by atoms with Gasteiger partial charge < -0.3 is 15.0 Å². The number of nitrogens with zero attached hydrogens (tertiary/aromatic N) is 3. The molecule has 1 saturated heterocycles. The zero-order valence-electron chi connectivity index (χ0n) is 17.1. The molecular weight excluding hydrogens is 376 g/mol. The first kappa shape index (κ1) is 19.9. The van der Waals surface area contributed by atoms with E-state index in [0.717, 1.165) is 42.2 Å². The van der Waals surface area contributed by atoms with Gasteiger partial charge in [0.2, 0.25) is 5.91 Å². The second-order valence-corrected chi connectivity index (χ2v) is 7.34. The molecule has 1 aliphatic rings. The van der Waals surface area contributed by atoms with Crippen molar-refractivity contribution in [2.75, 3.05) is 29.9 Å². The maximum Gasteiger partial charge on any atom is 0.229 e. The van der Waals surface area contributed by atoms with Crippen LogP contribution in [0.4, 0.5) is 11.5 Å². The van der Waals surface area contributed by atoms with Crippen LogP contribution in [0.2, 0.25) is 0 Å². The molecule has 2 heterocycles. The van der Waals surface area contributed by atoms with E-state index in [1.54, 1.807) is 6.20 Å². The second-order valence-electron chi connectivity index (χ2n) is 7.34. The molecule has 2 aromatic carbocycles. The number of aromatic nitrogens is 2. The average Bonchev–Trinajstić information content (AvgIpc) is 2.81. The van der Waals surface area contributed by atoms with Crippen molar-refractivity contribution in [1.82, 2.24) is 9.97 Å². The summed E-state index contributed by atoms with van der Waals surface area (Å²) in [5.41, 5.74) is 1.77. The lowest BCUT2D eigenvalue weighted by atomic mass is 9.97. The molecule has 1 N–H and O–H groups in total. The molecule has 6 heteroatoms. The number of hydrogen-bond donors (Lipinski definition) is 1. The largest absolute Gasteiger partial charge is 0.494 e. The number of carbonyl (C=O) groups excluding carboxylic acids is 1. The summed E-state index contributed by atoms with van der Waals surface area (Å²) in [6, 6.07) is 19.4. The van der Waals surface area contributed by atoms with Crippen molar-refractivity contribution in [3.63, 3.8) is 0 Å². The first-order valence-electron chi connectivity index (χ1n) is 10.4. The number of anilines is 2. The Bertz CT molecular complexity index is 976. The van der Waals surface area contributed by atoms with Crippen molar-refractivity contribution >= 4 is 17.4 Å². The summed E-state index contributed by atoms with van der Waals surface area (Å²) in [5, 5.41) is 3.04. The van der Waals surface area contributed by atoms with Gasteiger partial charge in [0.25, 0.3) is 0 Å². The summed E-state index contributed by atoms with van der Waals surface area (Å²) in [6.07, 6.45) is 3.61. The number of nitrogens with one attached hydrogen (secondary N) is 1. The molecule has 0 saturated carbocycles. The van der Waals surface area contributed by atoms with Gasteiger partial charge >= 0.3 is 0 Å². The van der Waals surface area contributed by atoms with E-state index in [1.165, 1.54) is 0 Å². The average molecular weight is 402 g/mol. The topological polar surface area (TPSA) is 67.3 Å². The minimum absolute atomic E-state index is 0.0428. The van der Waals surface area contributed by atoms with Gasteiger partial charge in [-0.3, -0.25) is 4.79 Å². The van der Waals surface area contributed by atoms with Crippen LogP contribution in [0, 0.1) is 5.92 Å². The molecule has 1 amide bonds. The lowest BCUT2D eigenvalue weighted by molar-refractivity contribution is -0.120. The van der Waals surface area contributed by atoms with Crippen LogP contribution in [0.1, 0.15) is 19.8 Å². The Morgan fingerprint density at radius 3 is 2.70 bits per heavy atom. The molecule has 1 fully saturated rings. The van der Waals surface area contributed by atoms with Crippen LogP contribution in [-0.2, 0) is 4.79 Å². The lowest BCUT2D eigenvalue weighted by Crippen LogP contribution is -2.41. The van der Waals surface area contributed by atoms with Crippen LogP contribution in [0.15, 0.2) is 66.9 Å². The SMILES string of the molecule is CCOc1ccc(NC(=O)[C@H]2CCCN(c3ccnc(-c4ccccc4)n3)C2)cc1. The number of amides is 1. The van der Waals surface area contributed by atoms with E-state index in [-0.39, 0.29) is 11.8 Å². The van der Waals surface area contributed by atoms with Crippen LogP contribution in [0.25, 0.3) is 11.4 Å². The maximum atomic E-state index is 12.8.